The smallest absolute Gasteiger partial charge is 0.338 e. The first-order valence-corrected chi connectivity index (χ1v) is 12.8. The van der Waals surface area contributed by atoms with Gasteiger partial charge >= 0.3 is 17.1 Å². The SMILES string of the molecule is CCO[Si](C)(OCC)C1CC([Si](C)(OCC)OCC)C1. The van der Waals surface area contributed by atoms with E-state index >= 15 is 0 Å². The van der Waals surface area contributed by atoms with Gasteiger partial charge in [-0.15, -0.1) is 0 Å². The van der Waals surface area contributed by atoms with E-state index in [2.05, 4.69) is 40.8 Å². The van der Waals surface area contributed by atoms with Crippen molar-refractivity contribution in [2.75, 3.05) is 26.4 Å². The lowest BCUT2D eigenvalue weighted by atomic mass is 9.98. The second-order valence-electron chi connectivity index (χ2n) is 5.63. The fraction of sp³-hybridized carbons (Fsp3) is 1.00. The minimum atomic E-state index is -2.02. The van der Waals surface area contributed by atoms with Gasteiger partial charge in [0.2, 0.25) is 0 Å². The Morgan fingerprint density at radius 3 is 1.10 bits per heavy atom. The minimum absolute atomic E-state index is 0.583. The molecule has 120 valence electrons. The Hall–Kier alpha value is 0.274. The third-order valence-corrected chi connectivity index (χ3v) is 11.7. The normalized spacial score (nSPS) is 23.7. The molecular weight excluding hydrogens is 288 g/mol. The van der Waals surface area contributed by atoms with Crippen LogP contribution in [0, 0.1) is 0 Å². The Bertz CT molecular complexity index is 244. The van der Waals surface area contributed by atoms with Gasteiger partial charge in [0, 0.05) is 37.5 Å². The molecule has 1 aliphatic rings. The highest BCUT2D eigenvalue weighted by Gasteiger charge is 2.55. The summed E-state index contributed by atoms with van der Waals surface area (Å²) in [6.45, 7) is 15.6. The zero-order valence-electron chi connectivity index (χ0n) is 14.0. The molecule has 0 bridgehead atoms. The predicted octanol–water partition coefficient (Wildman–Crippen LogP) is 3.81. The third-order valence-electron chi connectivity index (χ3n) is 4.34. The van der Waals surface area contributed by atoms with Crippen LogP contribution in [-0.4, -0.2) is 43.5 Å². The molecule has 0 amide bonds. The fourth-order valence-electron chi connectivity index (χ4n) is 3.18. The first-order chi connectivity index (χ1) is 9.45. The van der Waals surface area contributed by atoms with Crippen molar-refractivity contribution in [1.29, 1.82) is 0 Å². The van der Waals surface area contributed by atoms with Crippen LogP contribution in [0.4, 0.5) is 0 Å². The van der Waals surface area contributed by atoms with Gasteiger partial charge in [0.05, 0.1) is 0 Å². The summed E-state index contributed by atoms with van der Waals surface area (Å²) in [5.74, 6) is 0. The van der Waals surface area contributed by atoms with Gasteiger partial charge in [0.15, 0.2) is 0 Å². The average molecular weight is 321 g/mol. The quantitative estimate of drug-likeness (QED) is 0.574. The number of rotatable bonds is 10. The van der Waals surface area contributed by atoms with E-state index in [-0.39, 0.29) is 0 Å². The van der Waals surface area contributed by atoms with Crippen LogP contribution < -0.4 is 0 Å². The zero-order chi connectivity index (χ0) is 15.2. The maximum atomic E-state index is 6.01. The first-order valence-electron chi connectivity index (χ1n) is 8.01. The van der Waals surface area contributed by atoms with Crippen molar-refractivity contribution < 1.29 is 17.7 Å². The van der Waals surface area contributed by atoms with Crippen LogP contribution in [0.15, 0.2) is 0 Å². The third kappa shape index (κ3) is 4.14. The van der Waals surface area contributed by atoms with E-state index in [1.54, 1.807) is 0 Å². The summed E-state index contributed by atoms with van der Waals surface area (Å²) in [4.78, 5) is 0. The molecule has 4 nitrogen and oxygen atoms in total. The summed E-state index contributed by atoms with van der Waals surface area (Å²) in [7, 11) is -4.04. The highest BCUT2D eigenvalue weighted by atomic mass is 28.4. The molecule has 20 heavy (non-hydrogen) atoms. The van der Waals surface area contributed by atoms with Crippen LogP contribution in [0.5, 0.6) is 0 Å². The summed E-state index contributed by atoms with van der Waals surface area (Å²) in [6, 6.07) is 0. The molecule has 0 atom stereocenters. The van der Waals surface area contributed by atoms with Crippen molar-refractivity contribution in [3.8, 4) is 0 Å². The molecule has 1 rings (SSSR count). The standard InChI is InChI=1S/C14H32O4Si2/c1-7-15-19(5,16-8-2)13-11-14(12-13)20(6,17-9-3)18-10-4/h13-14H,7-12H2,1-6H3. The highest BCUT2D eigenvalue weighted by Crippen LogP contribution is 2.54. The number of hydrogen-bond donors (Lipinski definition) is 0. The average Bonchev–Trinajstić information content (AvgIpc) is 2.27. The van der Waals surface area contributed by atoms with E-state index in [0.717, 1.165) is 39.3 Å². The van der Waals surface area contributed by atoms with Crippen molar-refractivity contribution in [1.82, 2.24) is 0 Å². The maximum absolute atomic E-state index is 6.01. The zero-order valence-corrected chi connectivity index (χ0v) is 16.0. The summed E-state index contributed by atoms with van der Waals surface area (Å²) in [5.41, 5.74) is 1.17. The van der Waals surface area contributed by atoms with Crippen molar-refractivity contribution >= 4 is 17.1 Å². The molecule has 1 fully saturated rings. The largest absolute Gasteiger partial charge is 0.394 e. The van der Waals surface area contributed by atoms with Crippen LogP contribution in [0.25, 0.3) is 0 Å². The van der Waals surface area contributed by atoms with Gasteiger partial charge in [-0.3, -0.25) is 0 Å². The molecule has 0 N–H and O–H groups in total. The lowest BCUT2D eigenvalue weighted by Gasteiger charge is -2.48. The molecule has 0 radical (unpaired) electrons. The van der Waals surface area contributed by atoms with E-state index in [9.17, 15) is 0 Å². The van der Waals surface area contributed by atoms with Crippen LogP contribution >= 0.6 is 0 Å². The van der Waals surface area contributed by atoms with E-state index < -0.39 is 17.1 Å². The molecule has 1 aliphatic carbocycles. The summed E-state index contributed by atoms with van der Waals surface area (Å²) < 4.78 is 24.0. The van der Waals surface area contributed by atoms with Crippen molar-refractivity contribution in [2.24, 2.45) is 0 Å². The van der Waals surface area contributed by atoms with Gasteiger partial charge in [-0.2, -0.15) is 0 Å². The van der Waals surface area contributed by atoms with Gasteiger partial charge in [0.1, 0.15) is 0 Å². The van der Waals surface area contributed by atoms with Crippen LogP contribution in [0.1, 0.15) is 40.5 Å². The summed E-state index contributed by atoms with van der Waals surface area (Å²) >= 11 is 0. The second kappa shape index (κ2) is 8.05. The van der Waals surface area contributed by atoms with Gasteiger partial charge in [-0.1, -0.05) is 0 Å². The maximum Gasteiger partial charge on any atom is 0.338 e. The molecule has 0 aromatic carbocycles. The van der Waals surface area contributed by atoms with Gasteiger partial charge in [-0.05, 0) is 53.6 Å². The van der Waals surface area contributed by atoms with Gasteiger partial charge in [0.25, 0.3) is 0 Å². The van der Waals surface area contributed by atoms with Crippen molar-refractivity contribution in [3.05, 3.63) is 0 Å². The predicted molar refractivity (Wildman–Crippen MR) is 86.5 cm³/mol. The molecule has 0 aromatic heterocycles. The second-order valence-corrected chi connectivity index (χ2v) is 12.5. The lowest BCUT2D eigenvalue weighted by molar-refractivity contribution is 0.139. The summed E-state index contributed by atoms with van der Waals surface area (Å²) in [6.07, 6.45) is 2.29. The van der Waals surface area contributed by atoms with Crippen LogP contribution in [-0.2, 0) is 17.7 Å². The number of hydrogen-bond acceptors (Lipinski definition) is 4. The van der Waals surface area contributed by atoms with Crippen molar-refractivity contribution in [3.63, 3.8) is 0 Å². The highest BCUT2D eigenvalue weighted by molar-refractivity contribution is 6.71. The van der Waals surface area contributed by atoms with Gasteiger partial charge in [-0.25, -0.2) is 0 Å². The van der Waals surface area contributed by atoms with Crippen LogP contribution in [0.3, 0.4) is 0 Å². The first kappa shape index (κ1) is 18.3. The Kier molecular flexibility index (Phi) is 7.38. The lowest BCUT2D eigenvalue weighted by Crippen LogP contribution is -2.54. The Labute approximate surface area is 126 Å². The Morgan fingerprint density at radius 2 is 0.900 bits per heavy atom. The molecular formula is C14H32O4Si2. The molecule has 0 saturated heterocycles. The summed E-state index contributed by atoms with van der Waals surface area (Å²) in [5, 5.41) is 0. The molecule has 0 aliphatic heterocycles. The van der Waals surface area contributed by atoms with Crippen LogP contribution in [0.2, 0.25) is 24.2 Å². The minimum Gasteiger partial charge on any atom is -0.394 e. The van der Waals surface area contributed by atoms with E-state index in [1.165, 1.54) is 0 Å². The molecule has 0 spiro atoms. The monoisotopic (exact) mass is 320 g/mol. The van der Waals surface area contributed by atoms with E-state index in [1.807, 2.05) is 0 Å². The fourth-order valence-corrected chi connectivity index (χ4v) is 9.90. The Balaban J connectivity index is 2.62. The molecule has 6 heteroatoms. The molecule has 0 aromatic rings. The molecule has 1 saturated carbocycles. The van der Waals surface area contributed by atoms with E-state index in [0.29, 0.717) is 11.1 Å². The Morgan fingerprint density at radius 1 is 0.650 bits per heavy atom. The topological polar surface area (TPSA) is 36.9 Å². The molecule has 0 heterocycles. The molecule has 0 unspecified atom stereocenters. The van der Waals surface area contributed by atoms with Gasteiger partial charge < -0.3 is 17.7 Å². The van der Waals surface area contributed by atoms with Crippen molar-refractivity contribution in [2.45, 2.75) is 64.7 Å². The van der Waals surface area contributed by atoms with E-state index in [4.69, 9.17) is 17.7 Å².